The van der Waals surface area contributed by atoms with Crippen molar-refractivity contribution in [3.05, 3.63) is 222 Å². The fourth-order valence-corrected chi connectivity index (χ4v) is 8.85. The molecule has 1 N–H and O–H groups in total. The topological polar surface area (TPSA) is 36.2 Å². The molecule has 0 saturated carbocycles. The molecule has 0 saturated heterocycles. The highest BCUT2D eigenvalue weighted by Crippen LogP contribution is 2.52. The zero-order valence-electron chi connectivity index (χ0n) is 32.0. The maximum Gasteiger partial charge on any atom is 0.0723 e. The van der Waals surface area contributed by atoms with Crippen molar-refractivity contribution in [1.29, 1.82) is 5.41 Å². The molecule has 0 heterocycles. The molecule has 9 aromatic carbocycles. The number of hydrogen-bond acceptors (Lipinski definition) is 2. The second-order valence-corrected chi connectivity index (χ2v) is 15.5. The van der Waals surface area contributed by atoms with Crippen LogP contribution in [0.25, 0.3) is 71.4 Å². The minimum atomic E-state index is -0.0642. The van der Waals surface area contributed by atoms with E-state index in [1.54, 1.807) is 0 Å². The van der Waals surface area contributed by atoms with Crippen LogP contribution in [0.4, 0.5) is 0 Å². The molecular weight excluding hydrogens is 689 g/mol. The average Bonchev–Trinajstić information content (AvgIpc) is 3.50. The van der Waals surface area contributed by atoms with Gasteiger partial charge in [0.05, 0.1) is 11.4 Å². The molecule has 0 amide bonds. The first-order valence-corrected chi connectivity index (χ1v) is 19.6. The molecule has 9 aromatic rings. The van der Waals surface area contributed by atoms with Crippen LogP contribution >= 0.6 is 0 Å². The van der Waals surface area contributed by atoms with Gasteiger partial charge in [0.1, 0.15) is 0 Å². The lowest BCUT2D eigenvalue weighted by Crippen LogP contribution is -2.15. The van der Waals surface area contributed by atoms with Gasteiger partial charge in [-0.1, -0.05) is 190 Å². The number of nitrogens with one attached hydrogen (secondary N) is 1. The highest BCUT2D eigenvalue weighted by Gasteiger charge is 2.36. The predicted octanol–water partition coefficient (Wildman–Crippen LogP) is 14.3. The summed E-state index contributed by atoms with van der Waals surface area (Å²) in [5, 5.41) is 16.2. The molecule has 0 spiro atoms. The van der Waals surface area contributed by atoms with Gasteiger partial charge in [0.15, 0.2) is 0 Å². The molecule has 0 unspecified atom stereocenters. The molecule has 1 aliphatic carbocycles. The van der Waals surface area contributed by atoms with E-state index in [0.29, 0.717) is 5.71 Å². The normalized spacial score (nSPS) is 13.3. The fraction of sp³-hybridized carbons (Fsp3) is 0.0545. The van der Waals surface area contributed by atoms with Crippen molar-refractivity contribution in [2.75, 3.05) is 0 Å². The van der Waals surface area contributed by atoms with E-state index in [1.165, 1.54) is 66.1 Å². The number of hydrogen-bond donors (Lipinski definition) is 1. The van der Waals surface area contributed by atoms with Crippen LogP contribution in [-0.2, 0) is 5.41 Å². The molecule has 10 rings (SSSR count). The lowest BCUT2D eigenvalue weighted by molar-refractivity contribution is 0.666. The first-order chi connectivity index (χ1) is 27.9. The van der Waals surface area contributed by atoms with E-state index in [-0.39, 0.29) is 5.41 Å². The Balaban J connectivity index is 0.987. The Kier molecular flexibility index (Phi) is 8.34. The summed E-state index contributed by atoms with van der Waals surface area (Å²) in [4.78, 5) is 5.09. The molecule has 0 radical (unpaired) electrons. The van der Waals surface area contributed by atoms with E-state index in [4.69, 9.17) is 10.4 Å². The molecule has 0 aliphatic heterocycles. The molecule has 0 bridgehead atoms. The van der Waals surface area contributed by atoms with Gasteiger partial charge >= 0.3 is 0 Å². The monoisotopic (exact) mass is 728 g/mol. The van der Waals surface area contributed by atoms with Crippen LogP contribution in [0.1, 0.15) is 41.7 Å². The van der Waals surface area contributed by atoms with Gasteiger partial charge in [0, 0.05) is 22.8 Å². The molecule has 0 fully saturated rings. The zero-order chi connectivity index (χ0) is 38.5. The summed E-state index contributed by atoms with van der Waals surface area (Å²) in [7, 11) is 0. The van der Waals surface area contributed by atoms with Crippen LogP contribution in [0, 0.1) is 5.41 Å². The number of nitrogens with zero attached hydrogens (tertiary/aromatic N) is 1. The molecular formula is C55H40N2. The van der Waals surface area contributed by atoms with Gasteiger partial charge < -0.3 is 5.41 Å². The Bertz CT molecular complexity index is 3090. The largest absolute Gasteiger partial charge is 0.300 e. The Morgan fingerprint density at radius 2 is 1.11 bits per heavy atom. The second-order valence-electron chi connectivity index (χ2n) is 15.5. The molecule has 0 atom stereocenters. The Hall–Kier alpha value is -7.16. The molecule has 57 heavy (non-hydrogen) atoms. The number of rotatable bonds is 7. The third kappa shape index (κ3) is 6.07. The minimum absolute atomic E-state index is 0.0642. The summed E-state index contributed by atoms with van der Waals surface area (Å²) >= 11 is 0. The van der Waals surface area contributed by atoms with E-state index in [9.17, 15) is 0 Å². The highest BCUT2D eigenvalue weighted by molar-refractivity contribution is 6.12. The molecule has 0 aromatic heterocycles. The van der Waals surface area contributed by atoms with Crippen molar-refractivity contribution in [2.45, 2.75) is 19.3 Å². The maximum atomic E-state index is 8.93. The van der Waals surface area contributed by atoms with E-state index < -0.39 is 0 Å². The summed E-state index contributed by atoms with van der Waals surface area (Å²) in [5.41, 5.74) is 14.2. The number of benzene rings is 9. The smallest absolute Gasteiger partial charge is 0.0723 e. The third-order valence-corrected chi connectivity index (χ3v) is 11.8. The lowest BCUT2D eigenvalue weighted by Gasteiger charge is -2.23. The Labute approximate surface area is 333 Å². The van der Waals surface area contributed by atoms with Gasteiger partial charge in [0.2, 0.25) is 0 Å². The first kappa shape index (κ1) is 34.3. The molecule has 270 valence electrons. The summed E-state index contributed by atoms with van der Waals surface area (Å²) < 4.78 is 0. The van der Waals surface area contributed by atoms with Crippen molar-refractivity contribution in [1.82, 2.24) is 0 Å². The zero-order valence-corrected chi connectivity index (χ0v) is 32.0. The van der Waals surface area contributed by atoms with Crippen molar-refractivity contribution in [3.8, 4) is 33.4 Å². The third-order valence-electron chi connectivity index (χ3n) is 11.8. The average molecular weight is 729 g/mol. The van der Waals surface area contributed by atoms with Gasteiger partial charge in [-0.3, -0.25) is 4.99 Å². The van der Waals surface area contributed by atoms with Crippen LogP contribution in [0.15, 0.2) is 199 Å². The summed E-state index contributed by atoms with van der Waals surface area (Å²) in [6.45, 7) is 4.72. The Morgan fingerprint density at radius 3 is 1.91 bits per heavy atom. The molecule has 2 nitrogen and oxygen atoms in total. The molecule has 2 heteroatoms. The van der Waals surface area contributed by atoms with Gasteiger partial charge in [-0.05, 0) is 101 Å². The van der Waals surface area contributed by atoms with E-state index in [1.807, 2.05) is 42.6 Å². The van der Waals surface area contributed by atoms with Gasteiger partial charge in [-0.25, -0.2) is 0 Å². The number of fused-ring (bicyclic) bond motifs is 7. The van der Waals surface area contributed by atoms with Crippen LogP contribution in [0.3, 0.4) is 0 Å². The van der Waals surface area contributed by atoms with Gasteiger partial charge in [-0.15, -0.1) is 0 Å². The summed E-state index contributed by atoms with van der Waals surface area (Å²) in [5.74, 6) is 0. The standard InChI is InChI=1S/C55H40N2/c1-55(2)51-31-28-42(33-50(51)49-30-26-38-13-8-9-18-47(38)54(49)55)37-20-23-39(24-21-37)46-29-27-44(45-17-10-11-19-48(45)46)35-57-53(34-52(56)40-14-4-3-5-15-40)43-25-22-36-12-6-7-16-41(36)32-43/h3-35,56H,1-2H3/b53-34-,56-52?,57-35?. The van der Waals surface area contributed by atoms with Crippen LogP contribution < -0.4 is 0 Å². The van der Waals surface area contributed by atoms with Crippen LogP contribution in [-0.4, -0.2) is 11.9 Å². The highest BCUT2D eigenvalue weighted by atomic mass is 14.7. The maximum absolute atomic E-state index is 8.93. The van der Waals surface area contributed by atoms with E-state index in [2.05, 4.69) is 172 Å². The summed E-state index contributed by atoms with van der Waals surface area (Å²) in [6.07, 6.45) is 3.82. The van der Waals surface area contributed by atoms with Gasteiger partial charge in [0.25, 0.3) is 0 Å². The minimum Gasteiger partial charge on any atom is -0.300 e. The van der Waals surface area contributed by atoms with Crippen molar-refractivity contribution in [3.63, 3.8) is 0 Å². The van der Waals surface area contributed by atoms with Crippen molar-refractivity contribution >= 4 is 49.9 Å². The predicted molar refractivity (Wildman–Crippen MR) is 243 cm³/mol. The van der Waals surface area contributed by atoms with Gasteiger partial charge in [-0.2, -0.15) is 0 Å². The summed E-state index contributed by atoms with van der Waals surface area (Å²) in [6, 6.07) is 66.9. The van der Waals surface area contributed by atoms with Crippen LogP contribution in [0.5, 0.6) is 0 Å². The van der Waals surface area contributed by atoms with Crippen molar-refractivity contribution in [2.24, 2.45) is 4.99 Å². The van der Waals surface area contributed by atoms with E-state index >= 15 is 0 Å². The van der Waals surface area contributed by atoms with Crippen molar-refractivity contribution < 1.29 is 0 Å². The number of allylic oxidation sites excluding steroid dienone is 1. The number of aliphatic imine (C=N–C) groups is 1. The van der Waals surface area contributed by atoms with Crippen LogP contribution in [0.2, 0.25) is 0 Å². The fourth-order valence-electron chi connectivity index (χ4n) is 8.85. The quantitative estimate of drug-likeness (QED) is 0.159. The SMILES string of the molecule is CC1(C)c2ccc(-c3ccc(-c4ccc(C=N/C(=C\C(=N)c5ccccc5)c5ccc6ccccc6c5)c5ccccc45)cc3)cc2-c2ccc3ccccc3c21. The lowest BCUT2D eigenvalue weighted by atomic mass is 9.80. The second kappa shape index (κ2) is 13.8. The Morgan fingerprint density at radius 1 is 0.474 bits per heavy atom. The molecule has 1 aliphatic rings. The first-order valence-electron chi connectivity index (χ1n) is 19.6. The van der Waals surface area contributed by atoms with E-state index in [0.717, 1.165) is 33.2 Å².